The number of ether oxygens (including phenoxy) is 5. The van der Waals surface area contributed by atoms with E-state index in [0.29, 0.717) is 5.56 Å². The van der Waals surface area contributed by atoms with E-state index in [0.717, 1.165) is 12.3 Å². The molecule has 1 aromatic carbocycles. The van der Waals surface area contributed by atoms with Crippen molar-refractivity contribution in [3.05, 3.63) is 60.4 Å². The lowest BCUT2D eigenvalue weighted by Crippen LogP contribution is -2.62. The Morgan fingerprint density at radius 1 is 1.19 bits per heavy atom. The molecule has 200 valence electrons. The van der Waals surface area contributed by atoms with E-state index in [4.69, 9.17) is 23.7 Å². The second kappa shape index (κ2) is 11.0. The van der Waals surface area contributed by atoms with Gasteiger partial charge in [0, 0.05) is 12.5 Å². The number of rotatable bonds is 7. The Kier molecular flexibility index (Phi) is 7.97. The number of esters is 2. The molecule has 0 aromatic heterocycles. The fraction of sp³-hybridized carbons (Fsp3) is 0.440. The highest BCUT2D eigenvalue weighted by Crippen LogP contribution is 2.42. The lowest BCUT2D eigenvalue weighted by atomic mass is 9.76. The van der Waals surface area contributed by atoms with Crippen molar-refractivity contribution < 1.29 is 58.8 Å². The first kappa shape index (κ1) is 26.8. The van der Waals surface area contributed by atoms with Crippen molar-refractivity contribution in [1.82, 2.24) is 0 Å². The number of aliphatic hydroxyl groups excluding tert-OH is 3. The van der Waals surface area contributed by atoms with E-state index in [9.17, 15) is 35.1 Å². The molecule has 12 nitrogen and oxygen atoms in total. The highest BCUT2D eigenvalue weighted by atomic mass is 16.8. The van der Waals surface area contributed by atoms with Crippen LogP contribution >= 0.6 is 0 Å². The monoisotopic (exact) mass is 520 g/mol. The lowest BCUT2D eigenvalue weighted by Gasteiger charge is -2.46. The van der Waals surface area contributed by atoms with Crippen LogP contribution in [0.1, 0.15) is 12.0 Å². The highest BCUT2D eigenvalue weighted by molar-refractivity contribution is 5.91. The molecule has 3 aliphatic rings. The SMILES string of the molecule is C=C[C@H]1[C@H](O[C@@H]2O[C@H](CO)[C@@H](OC(=O)C=Cc3ccc(O)cc3)[C@H](O)[C@H]2O)OC=C2C(=O)OCC[C@]21O. The number of fused-ring (bicyclic) bond motifs is 1. The third-order valence-corrected chi connectivity index (χ3v) is 6.47. The maximum atomic E-state index is 12.3. The van der Waals surface area contributed by atoms with Crippen LogP contribution in [0, 0.1) is 5.92 Å². The molecule has 0 unspecified atom stereocenters. The van der Waals surface area contributed by atoms with E-state index in [2.05, 4.69) is 6.58 Å². The van der Waals surface area contributed by atoms with Crippen molar-refractivity contribution in [1.29, 1.82) is 0 Å². The van der Waals surface area contributed by atoms with Crippen LogP contribution in [0.2, 0.25) is 0 Å². The van der Waals surface area contributed by atoms with E-state index in [-0.39, 0.29) is 24.4 Å². The summed E-state index contributed by atoms with van der Waals surface area (Å²) in [7, 11) is 0. The molecule has 2 saturated heterocycles. The molecule has 8 atom stereocenters. The van der Waals surface area contributed by atoms with Crippen LogP contribution in [0.3, 0.4) is 0 Å². The Hall–Kier alpha value is -3.26. The molecule has 12 heteroatoms. The van der Waals surface area contributed by atoms with Crippen LogP contribution in [0.15, 0.2) is 54.8 Å². The molecule has 0 amide bonds. The van der Waals surface area contributed by atoms with Crippen LogP contribution in [0.5, 0.6) is 5.75 Å². The Morgan fingerprint density at radius 2 is 1.92 bits per heavy atom. The third-order valence-electron chi connectivity index (χ3n) is 6.47. The topological polar surface area (TPSA) is 181 Å². The maximum absolute atomic E-state index is 12.3. The second-order valence-electron chi connectivity index (χ2n) is 8.78. The number of hydrogen-bond acceptors (Lipinski definition) is 12. The zero-order valence-electron chi connectivity index (χ0n) is 19.6. The largest absolute Gasteiger partial charge is 0.508 e. The van der Waals surface area contributed by atoms with Gasteiger partial charge >= 0.3 is 11.9 Å². The normalized spacial score (nSPS) is 35.6. The molecular weight excluding hydrogens is 492 g/mol. The summed E-state index contributed by atoms with van der Waals surface area (Å²) in [6.45, 7) is 2.94. The molecule has 5 N–H and O–H groups in total. The predicted octanol–water partition coefficient (Wildman–Crippen LogP) is -0.507. The van der Waals surface area contributed by atoms with Crippen molar-refractivity contribution in [3.8, 4) is 5.75 Å². The minimum Gasteiger partial charge on any atom is -0.508 e. The first-order valence-corrected chi connectivity index (χ1v) is 11.5. The third kappa shape index (κ3) is 5.39. The fourth-order valence-corrected chi connectivity index (χ4v) is 4.42. The summed E-state index contributed by atoms with van der Waals surface area (Å²) in [4.78, 5) is 24.4. The number of aliphatic hydroxyl groups is 4. The van der Waals surface area contributed by atoms with Gasteiger partial charge in [-0.2, -0.15) is 0 Å². The quantitative estimate of drug-likeness (QED) is 0.177. The smallest absolute Gasteiger partial charge is 0.340 e. The van der Waals surface area contributed by atoms with E-state index in [1.807, 2.05) is 0 Å². The minimum atomic E-state index is -1.74. The number of hydrogen-bond donors (Lipinski definition) is 5. The summed E-state index contributed by atoms with van der Waals surface area (Å²) >= 11 is 0. The van der Waals surface area contributed by atoms with Gasteiger partial charge in [0.15, 0.2) is 12.4 Å². The number of phenolic OH excluding ortho intramolecular Hbond substituents is 1. The molecule has 0 spiro atoms. The molecule has 0 saturated carbocycles. The van der Waals surface area contributed by atoms with Crippen molar-refractivity contribution >= 4 is 18.0 Å². The molecule has 0 radical (unpaired) electrons. The molecule has 1 aromatic rings. The average molecular weight is 520 g/mol. The number of carbonyl (C=O) groups excluding carboxylic acids is 2. The molecule has 3 heterocycles. The Morgan fingerprint density at radius 3 is 2.59 bits per heavy atom. The molecule has 0 aliphatic carbocycles. The fourth-order valence-electron chi connectivity index (χ4n) is 4.42. The van der Waals surface area contributed by atoms with Crippen molar-refractivity contribution in [2.75, 3.05) is 13.2 Å². The van der Waals surface area contributed by atoms with Gasteiger partial charge in [-0.05, 0) is 23.8 Å². The molecular formula is C25H28O12. The molecule has 2 fully saturated rings. The van der Waals surface area contributed by atoms with Gasteiger partial charge in [0.25, 0.3) is 0 Å². The molecule has 3 aliphatic heterocycles. The van der Waals surface area contributed by atoms with Crippen LogP contribution < -0.4 is 0 Å². The minimum absolute atomic E-state index is 0.0359. The Labute approximate surface area is 211 Å². The summed E-state index contributed by atoms with van der Waals surface area (Å²) in [5.41, 5.74) is -1.21. The lowest BCUT2D eigenvalue weighted by molar-refractivity contribution is -0.344. The average Bonchev–Trinajstić information content (AvgIpc) is 2.87. The van der Waals surface area contributed by atoms with Crippen molar-refractivity contribution in [2.45, 2.75) is 49.0 Å². The zero-order chi connectivity index (χ0) is 26.7. The number of aromatic hydroxyl groups is 1. The molecule has 37 heavy (non-hydrogen) atoms. The second-order valence-corrected chi connectivity index (χ2v) is 8.78. The Balaban J connectivity index is 1.44. The first-order valence-electron chi connectivity index (χ1n) is 11.5. The van der Waals surface area contributed by atoms with Crippen LogP contribution in [0.25, 0.3) is 6.08 Å². The maximum Gasteiger partial charge on any atom is 0.340 e. The van der Waals surface area contributed by atoms with Gasteiger partial charge in [0.2, 0.25) is 6.29 Å². The number of benzene rings is 1. The zero-order valence-corrected chi connectivity index (χ0v) is 19.6. The summed E-state index contributed by atoms with van der Waals surface area (Å²) < 4.78 is 26.9. The van der Waals surface area contributed by atoms with Crippen molar-refractivity contribution in [3.63, 3.8) is 0 Å². The van der Waals surface area contributed by atoms with Gasteiger partial charge < -0.3 is 49.2 Å². The number of carbonyl (C=O) groups is 2. The van der Waals surface area contributed by atoms with Crippen molar-refractivity contribution in [2.24, 2.45) is 5.92 Å². The first-order chi connectivity index (χ1) is 17.7. The summed E-state index contributed by atoms with van der Waals surface area (Å²) in [6, 6.07) is 6.00. The highest BCUT2D eigenvalue weighted by Gasteiger charge is 2.55. The van der Waals surface area contributed by atoms with Gasteiger partial charge in [0.1, 0.15) is 35.2 Å². The van der Waals surface area contributed by atoms with Crippen LogP contribution in [0.4, 0.5) is 0 Å². The van der Waals surface area contributed by atoms with E-state index in [1.54, 1.807) is 12.1 Å². The van der Waals surface area contributed by atoms with E-state index >= 15 is 0 Å². The predicted molar refractivity (Wildman–Crippen MR) is 123 cm³/mol. The van der Waals surface area contributed by atoms with Gasteiger partial charge in [-0.25, -0.2) is 9.59 Å². The number of cyclic esters (lactones) is 1. The van der Waals surface area contributed by atoms with Gasteiger partial charge in [-0.15, -0.1) is 6.58 Å². The molecule has 0 bridgehead atoms. The van der Waals surface area contributed by atoms with E-state index in [1.165, 1.54) is 24.3 Å². The van der Waals surface area contributed by atoms with Gasteiger partial charge in [0.05, 0.1) is 25.4 Å². The standard InChI is InChI=1S/C25H28O12/c1-2-15-23(34-12-16-22(31)33-10-9-25(15,16)32)37-24-20(30)19(29)21(17(11-26)35-24)36-18(28)8-5-13-3-6-14(27)7-4-13/h2-8,12,15,17,19-21,23-24,26-27,29-30,32H,1,9-11H2/t15-,17+,19+,20+,21+,23-,24-,25+/m0/s1. The Bertz CT molecular complexity index is 1060. The summed E-state index contributed by atoms with van der Waals surface area (Å²) in [6.07, 6.45) is -4.14. The summed E-state index contributed by atoms with van der Waals surface area (Å²) in [5.74, 6) is -2.53. The van der Waals surface area contributed by atoms with Crippen LogP contribution in [-0.4, -0.2) is 93.3 Å². The van der Waals surface area contributed by atoms with Gasteiger partial charge in [-0.3, -0.25) is 0 Å². The van der Waals surface area contributed by atoms with Gasteiger partial charge in [-0.1, -0.05) is 18.2 Å². The van der Waals surface area contributed by atoms with E-state index < -0.39 is 67.1 Å². The van der Waals surface area contributed by atoms with Crippen LogP contribution in [-0.2, 0) is 33.3 Å². The summed E-state index contributed by atoms with van der Waals surface area (Å²) in [5, 5.41) is 51.6. The number of phenols is 1. The molecule has 4 rings (SSSR count).